The average Bonchev–Trinajstić information content (AvgIpc) is 2.77. The molecule has 0 amide bonds. The van der Waals surface area contributed by atoms with Crippen molar-refractivity contribution in [2.75, 3.05) is 19.5 Å². The third-order valence-electron chi connectivity index (χ3n) is 4.23. The van der Waals surface area contributed by atoms with Crippen molar-refractivity contribution >= 4 is 35.6 Å². The number of rotatable bonds is 8. The second kappa shape index (κ2) is 11.9. The Kier molecular flexibility index (Phi) is 9.27. The molecule has 0 saturated heterocycles. The van der Waals surface area contributed by atoms with Crippen LogP contribution in [0.2, 0.25) is 0 Å². The number of anilines is 1. The number of ether oxygens (including phenoxy) is 3. The molecule has 0 aliphatic rings. The van der Waals surface area contributed by atoms with E-state index in [0.717, 1.165) is 22.6 Å². The van der Waals surface area contributed by atoms with E-state index in [9.17, 15) is 0 Å². The average molecular weight is 519 g/mol. The van der Waals surface area contributed by atoms with Gasteiger partial charge in [-0.3, -0.25) is 0 Å². The van der Waals surface area contributed by atoms with Gasteiger partial charge in [0, 0.05) is 11.8 Å². The normalized spacial score (nSPS) is 10.7. The lowest BCUT2D eigenvalue weighted by Gasteiger charge is -2.11. The van der Waals surface area contributed by atoms with Gasteiger partial charge < -0.3 is 25.3 Å². The summed E-state index contributed by atoms with van der Waals surface area (Å²) in [6.45, 7) is 0.965. The number of hydrogen-bond acceptors (Lipinski definition) is 4. The van der Waals surface area contributed by atoms with Gasteiger partial charge in [-0.15, -0.1) is 24.0 Å². The standard InChI is InChI=1S/C23H25N3O3.HI/c1-27-21-12-11-19(14-22(21)28-2)26-23(24)25-15-17-7-6-8-18(13-17)16-29-20-9-4-3-5-10-20;/h3-14H,15-16H2,1-2H3,(H3,24,25,26);1H. The fourth-order valence-corrected chi connectivity index (χ4v) is 2.78. The Morgan fingerprint density at radius 2 is 1.60 bits per heavy atom. The van der Waals surface area contributed by atoms with E-state index in [2.05, 4.69) is 16.4 Å². The molecule has 0 aliphatic carbocycles. The summed E-state index contributed by atoms with van der Waals surface area (Å²) in [5.41, 5.74) is 8.93. The minimum absolute atomic E-state index is 0. The summed E-state index contributed by atoms with van der Waals surface area (Å²) in [6, 6.07) is 23.3. The van der Waals surface area contributed by atoms with E-state index in [-0.39, 0.29) is 24.0 Å². The Morgan fingerprint density at radius 3 is 2.33 bits per heavy atom. The van der Waals surface area contributed by atoms with Crippen LogP contribution in [-0.4, -0.2) is 20.2 Å². The van der Waals surface area contributed by atoms with Crippen LogP contribution in [0.15, 0.2) is 77.8 Å². The third-order valence-corrected chi connectivity index (χ3v) is 4.23. The van der Waals surface area contributed by atoms with Crippen LogP contribution in [-0.2, 0) is 13.2 Å². The van der Waals surface area contributed by atoms with Gasteiger partial charge in [-0.05, 0) is 35.4 Å². The van der Waals surface area contributed by atoms with Crippen LogP contribution in [0.1, 0.15) is 11.1 Å². The molecule has 0 bridgehead atoms. The Balaban J connectivity index is 0.00000320. The topological polar surface area (TPSA) is 78.1 Å². The van der Waals surface area contributed by atoms with Crippen molar-refractivity contribution in [3.8, 4) is 17.2 Å². The summed E-state index contributed by atoms with van der Waals surface area (Å²) in [5, 5.41) is 3.07. The highest BCUT2D eigenvalue weighted by molar-refractivity contribution is 14.0. The molecule has 30 heavy (non-hydrogen) atoms. The number of hydrogen-bond donors (Lipinski definition) is 2. The molecule has 0 aromatic heterocycles. The van der Waals surface area contributed by atoms with E-state index in [0.29, 0.717) is 30.6 Å². The number of methoxy groups -OCH3 is 2. The van der Waals surface area contributed by atoms with E-state index in [4.69, 9.17) is 19.9 Å². The first-order chi connectivity index (χ1) is 14.2. The largest absolute Gasteiger partial charge is 0.493 e. The zero-order chi connectivity index (χ0) is 20.5. The van der Waals surface area contributed by atoms with Crippen LogP contribution < -0.4 is 25.3 Å². The van der Waals surface area contributed by atoms with Crippen molar-refractivity contribution in [3.63, 3.8) is 0 Å². The van der Waals surface area contributed by atoms with Gasteiger partial charge in [0.15, 0.2) is 17.5 Å². The molecule has 3 rings (SSSR count). The molecule has 158 valence electrons. The van der Waals surface area contributed by atoms with Crippen molar-refractivity contribution in [1.82, 2.24) is 0 Å². The van der Waals surface area contributed by atoms with Crippen LogP contribution >= 0.6 is 24.0 Å². The molecule has 6 nitrogen and oxygen atoms in total. The number of para-hydroxylation sites is 1. The van der Waals surface area contributed by atoms with Crippen LogP contribution in [0.3, 0.4) is 0 Å². The predicted octanol–water partition coefficient (Wildman–Crippen LogP) is 4.83. The smallest absolute Gasteiger partial charge is 0.193 e. The minimum atomic E-state index is 0. The summed E-state index contributed by atoms with van der Waals surface area (Å²) in [6.07, 6.45) is 0. The van der Waals surface area contributed by atoms with Gasteiger partial charge in [-0.2, -0.15) is 0 Å². The molecule has 7 heteroatoms. The number of benzene rings is 3. The van der Waals surface area contributed by atoms with Crippen LogP contribution in [0, 0.1) is 0 Å². The minimum Gasteiger partial charge on any atom is -0.493 e. The lowest BCUT2D eigenvalue weighted by atomic mass is 10.1. The molecule has 0 saturated carbocycles. The Morgan fingerprint density at radius 1 is 0.867 bits per heavy atom. The van der Waals surface area contributed by atoms with Crippen LogP contribution in [0.5, 0.6) is 17.2 Å². The summed E-state index contributed by atoms with van der Waals surface area (Å²) in [4.78, 5) is 4.42. The Labute approximate surface area is 194 Å². The molecule has 0 unspecified atom stereocenters. The van der Waals surface area contributed by atoms with Gasteiger partial charge in [0.2, 0.25) is 0 Å². The predicted molar refractivity (Wildman–Crippen MR) is 131 cm³/mol. The Hall–Kier alpha value is -2.94. The summed E-state index contributed by atoms with van der Waals surface area (Å²) < 4.78 is 16.3. The van der Waals surface area contributed by atoms with E-state index in [1.807, 2.05) is 66.7 Å². The van der Waals surface area contributed by atoms with Gasteiger partial charge in [0.05, 0.1) is 20.8 Å². The monoisotopic (exact) mass is 519 g/mol. The van der Waals surface area contributed by atoms with Crippen molar-refractivity contribution in [2.24, 2.45) is 10.7 Å². The maximum atomic E-state index is 6.03. The fraction of sp³-hybridized carbons (Fsp3) is 0.174. The highest BCUT2D eigenvalue weighted by Crippen LogP contribution is 2.29. The second-order valence-corrected chi connectivity index (χ2v) is 6.32. The third kappa shape index (κ3) is 6.84. The summed E-state index contributed by atoms with van der Waals surface area (Å²) in [5.74, 6) is 2.45. The van der Waals surface area contributed by atoms with Gasteiger partial charge in [0.1, 0.15) is 12.4 Å². The van der Waals surface area contributed by atoms with Gasteiger partial charge in [0.25, 0.3) is 0 Å². The van der Waals surface area contributed by atoms with Crippen molar-refractivity contribution in [3.05, 3.63) is 83.9 Å². The van der Waals surface area contributed by atoms with Crippen molar-refractivity contribution in [1.29, 1.82) is 0 Å². The first-order valence-corrected chi connectivity index (χ1v) is 9.22. The number of nitrogens with zero attached hydrogens (tertiary/aromatic N) is 1. The summed E-state index contributed by atoms with van der Waals surface area (Å²) in [7, 11) is 3.19. The lowest BCUT2D eigenvalue weighted by molar-refractivity contribution is 0.306. The molecule has 0 fully saturated rings. The fourth-order valence-electron chi connectivity index (χ4n) is 2.78. The van der Waals surface area contributed by atoms with Gasteiger partial charge >= 0.3 is 0 Å². The molecule has 3 aromatic rings. The number of guanidine groups is 1. The van der Waals surface area contributed by atoms with E-state index in [1.165, 1.54) is 0 Å². The first kappa shape index (κ1) is 23.3. The van der Waals surface area contributed by atoms with Crippen molar-refractivity contribution in [2.45, 2.75) is 13.2 Å². The molecular weight excluding hydrogens is 493 g/mol. The highest BCUT2D eigenvalue weighted by atomic mass is 127. The first-order valence-electron chi connectivity index (χ1n) is 9.22. The molecule has 0 atom stereocenters. The molecule has 3 N–H and O–H groups in total. The molecule has 0 aliphatic heterocycles. The maximum Gasteiger partial charge on any atom is 0.193 e. The van der Waals surface area contributed by atoms with Crippen molar-refractivity contribution < 1.29 is 14.2 Å². The van der Waals surface area contributed by atoms with Gasteiger partial charge in [-0.1, -0.05) is 42.5 Å². The molecule has 3 aromatic carbocycles. The van der Waals surface area contributed by atoms with E-state index in [1.54, 1.807) is 14.2 Å². The zero-order valence-corrected chi connectivity index (χ0v) is 19.3. The maximum absolute atomic E-state index is 6.03. The zero-order valence-electron chi connectivity index (χ0n) is 17.0. The summed E-state index contributed by atoms with van der Waals surface area (Å²) >= 11 is 0. The number of nitrogens with two attached hydrogens (primary N) is 1. The van der Waals surface area contributed by atoms with E-state index >= 15 is 0 Å². The quantitative estimate of drug-likeness (QED) is 0.253. The van der Waals surface area contributed by atoms with Crippen LogP contribution in [0.4, 0.5) is 5.69 Å². The number of aliphatic imine (C=N–C) groups is 1. The molecular formula is C23H26IN3O3. The molecule has 0 heterocycles. The molecule has 0 radical (unpaired) electrons. The van der Waals surface area contributed by atoms with Crippen LogP contribution in [0.25, 0.3) is 0 Å². The van der Waals surface area contributed by atoms with Gasteiger partial charge in [-0.25, -0.2) is 4.99 Å². The second-order valence-electron chi connectivity index (χ2n) is 6.32. The highest BCUT2D eigenvalue weighted by Gasteiger charge is 2.05. The molecule has 0 spiro atoms. The lowest BCUT2D eigenvalue weighted by Crippen LogP contribution is -2.22. The number of halogens is 1. The SMILES string of the molecule is COc1ccc(NC(N)=NCc2cccc(COc3ccccc3)c2)cc1OC.I. The Bertz CT molecular complexity index is 965. The van der Waals surface area contributed by atoms with E-state index < -0.39 is 0 Å². The number of nitrogens with one attached hydrogen (secondary N) is 1.